The molecule has 6 nitrogen and oxygen atoms in total. The molecule has 0 aliphatic rings. The first-order chi connectivity index (χ1) is 13.6. The van der Waals surface area contributed by atoms with Gasteiger partial charge in [-0.05, 0) is 55.5 Å². The second-order valence-electron chi connectivity index (χ2n) is 6.26. The van der Waals surface area contributed by atoms with Crippen LogP contribution in [0.15, 0.2) is 62.7 Å². The summed E-state index contributed by atoms with van der Waals surface area (Å²) in [6.45, 7) is 1.58. The highest BCUT2D eigenvalue weighted by Crippen LogP contribution is 2.32. The van der Waals surface area contributed by atoms with Gasteiger partial charge < -0.3 is 5.32 Å². The van der Waals surface area contributed by atoms with Gasteiger partial charge in [0.15, 0.2) is 0 Å². The van der Waals surface area contributed by atoms with Crippen LogP contribution in [0.25, 0.3) is 0 Å². The van der Waals surface area contributed by atoms with Gasteiger partial charge in [-0.25, -0.2) is 12.8 Å². The van der Waals surface area contributed by atoms with Crippen LogP contribution in [0.1, 0.15) is 5.56 Å². The molecule has 0 spiro atoms. The van der Waals surface area contributed by atoms with Gasteiger partial charge in [0, 0.05) is 17.1 Å². The fourth-order valence-corrected chi connectivity index (χ4v) is 4.44. The number of halogens is 3. The number of nitrogens with one attached hydrogen (secondary N) is 2. The van der Waals surface area contributed by atoms with Crippen molar-refractivity contribution in [3.63, 3.8) is 0 Å². The minimum Gasteiger partial charge on any atom is -0.339 e. The molecule has 3 rings (SSSR count). The van der Waals surface area contributed by atoms with Crippen LogP contribution in [0.5, 0.6) is 0 Å². The zero-order chi connectivity index (χ0) is 21.3. The van der Waals surface area contributed by atoms with Gasteiger partial charge in [-0.15, -0.1) is 0 Å². The Balaban J connectivity index is 2.08. The maximum atomic E-state index is 13.1. The fourth-order valence-electron chi connectivity index (χ4n) is 2.66. The summed E-state index contributed by atoms with van der Waals surface area (Å²) in [6.07, 6.45) is 0. The molecule has 0 atom stereocenters. The van der Waals surface area contributed by atoms with Crippen LogP contribution in [-0.4, -0.2) is 13.0 Å². The minimum absolute atomic E-state index is 0.113. The molecule has 1 aromatic heterocycles. The lowest BCUT2D eigenvalue weighted by atomic mass is 10.2. The molecular formula is C19H16BrClFN3O3S. The third-order valence-corrected chi connectivity index (χ3v) is 6.33. The van der Waals surface area contributed by atoms with Gasteiger partial charge in [-0.3, -0.25) is 14.1 Å². The van der Waals surface area contributed by atoms with Crippen LogP contribution in [0.4, 0.5) is 21.6 Å². The summed E-state index contributed by atoms with van der Waals surface area (Å²) in [5, 5.41) is 3.39. The first-order valence-electron chi connectivity index (χ1n) is 8.29. The Bertz CT molecular complexity index is 1240. The highest BCUT2D eigenvalue weighted by atomic mass is 79.9. The van der Waals surface area contributed by atoms with E-state index in [2.05, 4.69) is 26.0 Å². The van der Waals surface area contributed by atoms with Crippen molar-refractivity contribution in [1.82, 2.24) is 4.57 Å². The number of nitrogens with zero attached hydrogens (tertiary/aromatic N) is 1. The van der Waals surface area contributed by atoms with Crippen molar-refractivity contribution in [2.75, 3.05) is 10.0 Å². The Labute approximate surface area is 180 Å². The molecule has 1 heterocycles. The number of hydrogen-bond acceptors (Lipinski definition) is 4. The van der Waals surface area contributed by atoms with Crippen LogP contribution in [0, 0.1) is 12.7 Å². The van der Waals surface area contributed by atoms with Crippen LogP contribution in [-0.2, 0) is 17.1 Å². The van der Waals surface area contributed by atoms with Crippen molar-refractivity contribution in [2.24, 2.45) is 7.05 Å². The number of pyridine rings is 1. The first kappa shape index (κ1) is 21.4. The smallest absolute Gasteiger partial charge is 0.262 e. The molecule has 2 aromatic carbocycles. The molecule has 0 radical (unpaired) electrons. The molecule has 0 amide bonds. The predicted octanol–water partition coefficient (Wildman–Crippen LogP) is 4.79. The maximum Gasteiger partial charge on any atom is 0.262 e. The van der Waals surface area contributed by atoms with E-state index in [4.69, 9.17) is 11.6 Å². The Morgan fingerprint density at radius 2 is 1.72 bits per heavy atom. The molecule has 0 saturated carbocycles. The lowest BCUT2D eigenvalue weighted by Gasteiger charge is -2.19. The van der Waals surface area contributed by atoms with Crippen molar-refractivity contribution in [3.8, 4) is 0 Å². The standard InChI is InChI=1S/C19H16BrClFN3O3S/c1-11-9-17(24-29(27,28)14-6-4-13(22)5-7-14)18(25(2)19(11)26)23-16-8-3-12(20)10-15(16)21/h3-10,23-24H,1-2H3. The van der Waals surface area contributed by atoms with Crippen LogP contribution in [0.3, 0.4) is 0 Å². The number of aryl methyl sites for hydroxylation is 1. The summed E-state index contributed by atoms with van der Waals surface area (Å²) in [5.41, 5.74) is 0.672. The molecule has 0 aliphatic heterocycles. The SMILES string of the molecule is Cc1cc(NS(=O)(=O)c2ccc(F)cc2)c(Nc2ccc(Br)cc2Cl)n(C)c1=O. The molecule has 0 saturated heterocycles. The molecule has 0 bridgehead atoms. The Hall–Kier alpha value is -2.36. The maximum absolute atomic E-state index is 13.1. The van der Waals surface area contributed by atoms with Gasteiger partial charge in [-0.2, -0.15) is 0 Å². The summed E-state index contributed by atoms with van der Waals surface area (Å²) in [5.74, 6) is -0.343. The number of sulfonamides is 1. The van der Waals surface area contributed by atoms with Gasteiger partial charge in [-0.1, -0.05) is 27.5 Å². The summed E-state index contributed by atoms with van der Waals surface area (Å²) in [7, 11) is -2.51. The van der Waals surface area contributed by atoms with Crippen molar-refractivity contribution in [1.29, 1.82) is 0 Å². The van der Waals surface area contributed by atoms with Gasteiger partial charge in [0.05, 0.1) is 21.3 Å². The predicted molar refractivity (Wildman–Crippen MR) is 116 cm³/mol. The molecule has 0 aliphatic carbocycles. The molecule has 3 aromatic rings. The molecule has 0 unspecified atom stereocenters. The normalized spacial score (nSPS) is 11.3. The molecular weight excluding hydrogens is 485 g/mol. The topological polar surface area (TPSA) is 80.2 Å². The van der Waals surface area contributed by atoms with E-state index < -0.39 is 15.8 Å². The Morgan fingerprint density at radius 3 is 2.34 bits per heavy atom. The number of rotatable bonds is 5. The van der Waals surface area contributed by atoms with E-state index in [1.807, 2.05) is 0 Å². The van der Waals surface area contributed by atoms with E-state index >= 15 is 0 Å². The molecule has 0 fully saturated rings. The van der Waals surface area contributed by atoms with E-state index in [-0.39, 0.29) is 22.0 Å². The van der Waals surface area contributed by atoms with E-state index in [1.54, 1.807) is 25.1 Å². The van der Waals surface area contributed by atoms with Crippen LogP contribution < -0.4 is 15.6 Å². The lowest BCUT2D eigenvalue weighted by molar-refractivity contribution is 0.599. The second-order valence-corrected chi connectivity index (χ2v) is 9.27. The summed E-state index contributed by atoms with van der Waals surface area (Å²) in [6, 6.07) is 11.0. The molecule has 152 valence electrons. The number of anilines is 3. The van der Waals surface area contributed by atoms with E-state index in [0.29, 0.717) is 16.3 Å². The average Bonchev–Trinajstić information content (AvgIpc) is 2.65. The molecule has 2 N–H and O–H groups in total. The van der Waals surface area contributed by atoms with Gasteiger partial charge in [0.1, 0.15) is 11.6 Å². The minimum atomic E-state index is -4.02. The molecule has 29 heavy (non-hydrogen) atoms. The molecule has 10 heteroatoms. The third kappa shape index (κ3) is 4.63. The van der Waals surface area contributed by atoms with Crippen molar-refractivity contribution < 1.29 is 12.8 Å². The largest absolute Gasteiger partial charge is 0.339 e. The van der Waals surface area contributed by atoms with Gasteiger partial charge in [0.25, 0.3) is 15.6 Å². The first-order valence-corrected chi connectivity index (χ1v) is 10.9. The Kier molecular flexibility index (Phi) is 6.02. The number of hydrogen-bond donors (Lipinski definition) is 2. The second kappa shape index (κ2) is 8.17. The number of aromatic nitrogens is 1. The van der Waals surface area contributed by atoms with Crippen molar-refractivity contribution in [3.05, 3.63) is 79.8 Å². The fraction of sp³-hybridized carbons (Fsp3) is 0.105. The quantitative estimate of drug-likeness (QED) is 0.528. The number of benzene rings is 2. The van der Waals surface area contributed by atoms with Gasteiger partial charge in [0.2, 0.25) is 0 Å². The average molecular weight is 501 g/mol. The third-order valence-electron chi connectivity index (χ3n) is 4.15. The zero-order valence-corrected chi connectivity index (χ0v) is 18.5. The van der Waals surface area contributed by atoms with Crippen molar-refractivity contribution in [2.45, 2.75) is 11.8 Å². The highest BCUT2D eigenvalue weighted by Gasteiger charge is 2.19. The van der Waals surface area contributed by atoms with E-state index in [9.17, 15) is 17.6 Å². The van der Waals surface area contributed by atoms with E-state index in [1.165, 1.54) is 17.7 Å². The lowest BCUT2D eigenvalue weighted by Crippen LogP contribution is -2.24. The Morgan fingerprint density at radius 1 is 1.07 bits per heavy atom. The summed E-state index contributed by atoms with van der Waals surface area (Å²) in [4.78, 5) is 12.3. The van der Waals surface area contributed by atoms with Gasteiger partial charge >= 0.3 is 0 Å². The monoisotopic (exact) mass is 499 g/mol. The zero-order valence-electron chi connectivity index (χ0n) is 15.3. The van der Waals surface area contributed by atoms with E-state index in [0.717, 1.165) is 28.7 Å². The van der Waals surface area contributed by atoms with Crippen molar-refractivity contribution >= 4 is 54.7 Å². The highest BCUT2D eigenvalue weighted by molar-refractivity contribution is 9.10. The summed E-state index contributed by atoms with van der Waals surface area (Å²) >= 11 is 9.56. The van der Waals surface area contributed by atoms with Crippen LogP contribution >= 0.6 is 27.5 Å². The van der Waals surface area contributed by atoms with Crippen LogP contribution in [0.2, 0.25) is 5.02 Å². The summed E-state index contributed by atoms with van der Waals surface area (Å²) < 4.78 is 43.2.